The van der Waals surface area contributed by atoms with E-state index in [2.05, 4.69) is 11.9 Å². The number of halogens is 1. The van der Waals surface area contributed by atoms with E-state index in [0.29, 0.717) is 11.6 Å². The Morgan fingerprint density at radius 1 is 1.26 bits per heavy atom. The van der Waals surface area contributed by atoms with Crippen LogP contribution in [-0.2, 0) is 23.0 Å². The van der Waals surface area contributed by atoms with Crippen LogP contribution < -0.4 is 0 Å². The molecule has 2 aromatic carbocycles. The molecule has 146 valence electrons. The SMILES string of the molecule is CN1CCc2cc(Cl)c(O)cc2[C@@H](c2ccc(CN(C)S(C)(=O)=O)cc2)C1. The van der Waals surface area contributed by atoms with E-state index in [-0.39, 0.29) is 11.7 Å². The van der Waals surface area contributed by atoms with Crippen LogP contribution in [0, 0.1) is 0 Å². The summed E-state index contributed by atoms with van der Waals surface area (Å²) in [6.45, 7) is 2.12. The molecule has 2 aromatic rings. The fourth-order valence-corrected chi connectivity index (χ4v) is 4.06. The first-order valence-electron chi connectivity index (χ1n) is 8.85. The highest BCUT2D eigenvalue weighted by Gasteiger charge is 2.24. The van der Waals surface area contributed by atoms with E-state index in [1.165, 1.54) is 10.6 Å². The molecule has 3 rings (SSSR count). The number of phenolic OH excluding ortho intramolecular Hbond substituents is 1. The maximum atomic E-state index is 11.6. The number of rotatable bonds is 4. The van der Waals surface area contributed by atoms with E-state index in [1.807, 2.05) is 30.3 Å². The van der Waals surface area contributed by atoms with Gasteiger partial charge in [0.05, 0.1) is 11.3 Å². The summed E-state index contributed by atoms with van der Waals surface area (Å²) in [6.07, 6.45) is 2.09. The molecule has 7 heteroatoms. The highest BCUT2D eigenvalue weighted by Crippen LogP contribution is 2.36. The highest BCUT2D eigenvalue weighted by atomic mass is 35.5. The lowest BCUT2D eigenvalue weighted by Crippen LogP contribution is -2.25. The van der Waals surface area contributed by atoms with Crippen molar-refractivity contribution in [2.24, 2.45) is 0 Å². The molecule has 1 aliphatic heterocycles. The Morgan fingerprint density at radius 2 is 1.93 bits per heavy atom. The average Bonchev–Trinajstić information content (AvgIpc) is 2.75. The lowest BCUT2D eigenvalue weighted by Gasteiger charge is -2.23. The van der Waals surface area contributed by atoms with Gasteiger partial charge in [0.25, 0.3) is 0 Å². The van der Waals surface area contributed by atoms with Gasteiger partial charge >= 0.3 is 0 Å². The van der Waals surface area contributed by atoms with Crippen LogP contribution in [0.15, 0.2) is 36.4 Å². The molecule has 0 aromatic heterocycles. The second-order valence-electron chi connectivity index (χ2n) is 7.33. The van der Waals surface area contributed by atoms with Gasteiger partial charge in [0.1, 0.15) is 5.75 Å². The largest absolute Gasteiger partial charge is 0.506 e. The molecular weight excluding hydrogens is 384 g/mol. The maximum absolute atomic E-state index is 11.6. The third kappa shape index (κ3) is 4.63. The van der Waals surface area contributed by atoms with Gasteiger partial charge in [0.15, 0.2) is 0 Å². The maximum Gasteiger partial charge on any atom is 0.211 e. The Balaban J connectivity index is 1.92. The summed E-state index contributed by atoms with van der Waals surface area (Å²) in [5.74, 6) is 0.230. The zero-order valence-electron chi connectivity index (χ0n) is 15.8. The van der Waals surface area contributed by atoms with Crippen LogP contribution in [0.3, 0.4) is 0 Å². The molecule has 0 spiro atoms. The molecule has 0 aliphatic carbocycles. The van der Waals surface area contributed by atoms with Crippen molar-refractivity contribution >= 4 is 21.6 Å². The van der Waals surface area contributed by atoms with Crippen molar-refractivity contribution in [2.45, 2.75) is 18.9 Å². The normalized spacial score (nSPS) is 18.3. The van der Waals surface area contributed by atoms with Gasteiger partial charge in [0, 0.05) is 32.6 Å². The summed E-state index contributed by atoms with van der Waals surface area (Å²) in [5.41, 5.74) is 4.33. The summed E-state index contributed by atoms with van der Waals surface area (Å²) in [5, 5.41) is 10.5. The first-order chi connectivity index (χ1) is 12.6. The second kappa shape index (κ2) is 7.80. The molecule has 0 fully saturated rings. The summed E-state index contributed by atoms with van der Waals surface area (Å²) in [7, 11) is 0.463. The lowest BCUT2D eigenvalue weighted by atomic mass is 9.87. The van der Waals surface area contributed by atoms with Gasteiger partial charge in [-0.1, -0.05) is 35.9 Å². The molecule has 27 heavy (non-hydrogen) atoms. The van der Waals surface area contributed by atoms with Crippen LogP contribution in [0.4, 0.5) is 0 Å². The van der Waals surface area contributed by atoms with Gasteiger partial charge in [-0.2, -0.15) is 0 Å². The standard InChI is InChI=1S/C20H25ClN2O3S/c1-22-9-8-16-10-19(21)20(24)11-17(16)18(13-22)15-6-4-14(5-7-15)12-23(2)27(3,25)26/h4-7,10-11,18,24H,8-9,12-13H2,1-3H3/t18-/m1/s1. The third-order valence-corrected chi connectivity index (χ3v) is 6.76. The Kier molecular flexibility index (Phi) is 5.82. The zero-order valence-corrected chi connectivity index (χ0v) is 17.4. The molecule has 5 nitrogen and oxygen atoms in total. The van der Waals surface area contributed by atoms with E-state index >= 15 is 0 Å². The minimum absolute atomic E-state index is 0.108. The number of nitrogens with zero attached hydrogens (tertiary/aromatic N) is 2. The molecule has 1 N–H and O–H groups in total. The number of fused-ring (bicyclic) bond motifs is 1. The van der Waals surface area contributed by atoms with Gasteiger partial charge in [-0.05, 0) is 47.9 Å². The van der Waals surface area contributed by atoms with E-state index in [0.717, 1.165) is 41.8 Å². The monoisotopic (exact) mass is 408 g/mol. The number of hydrogen-bond donors (Lipinski definition) is 1. The summed E-state index contributed by atoms with van der Waals surface area (Å²) >= 11 is 6.12. The molecule has 1 atom stereocenters. The molecule has 0 saturated heterocycles. The first kappa shape index (κ1) is 20.1. The first-order valence-corrected chi connectivity index (χ1v) is 11.1. The fraction of sp³-hybridized carbons (Fsp3) is 0.400. The number of phenols is 1. The zero-order chi connectivity index (χ0) is 19.8. The summed E-state index contributed by atoms with van der Waals surface area (Å²) < 4.78 is 24.5. The van der Waals surface area contributed by atoms with Crippen LogP contribution in [-0.4, -0.2) is 56.2 Å². The van der Waals surface area contributed by atoms with Gasteiger partial charge in [0.2, 0.25) is 10.0 Å². The Hall–Kier alpha value is -1.60. The van der Waals surface area contributed by atoms with Crippen molar-refractivity contribution in [3.8, 4) is 5.75 Å². The molecule has 0 radical (unpaired) electrons. The van der Waals surface area contributed by atoms with Crippen LogP contribution in [0.5, 0.6) is 5.75 Å². The van der Waals surface area contributed by atoms with Crippen LogP contribution >= 0.6 is 11.6 Å². The Morgan fingerprint density at radius 3 is 2.56 bits per heavy atom. The average molecular weight is 409 g/mol. The van der Waals surface area contributed by atoms with Gasteiger partial charge in [-0.3, -0.25) is 0 Å². The number of benzene rings is 2. The van der Waals surface area contributed by atoms with Gasteiger partial charge < -0.3 is 10.0 Å². The van der Waals surface area contributed by atoms with Crippen molar-refractivity contribution in [3.05, 3.63) is 63.7 Å². The van der Waals surface area contributed by atoms with E-state index in [1.54, 1.807) is 13.1 Å². The minimum Gasteiger partial charge on any atom is -0.506 e. The molecule has 0 saturated carbocycles. The number of aromatic hydroxyl groups is 1. The van der Waals surface area contributed by atoms with Crippen molar-refractivity contribution in [1.29, 1.82) is 0 Å². The summed E-state index contributed by atoms with van der Waals surface area (Å²) in [4.78, 5) is 2.28. The smallest absolute Gasteiger partial charge is 0.211 e. The Labute approximate surface area is 166 Å². The van der Waals surface area contributed by atoms with Gasteiger partial charge in [-0.25, -0.2) is 12.7 Å². The molecule has 0 unspecified atom stereocenters. The van der Waals surface area contributed by atoms with E-state index in [9.17, 15) is 13.5 Å². The van der Waals surface area contributed by atoms with Crippen LogP contribution in [0.2, 0.25) is 5.02 Å². The molecule has 1 heterocycles. The van der Waals surface area contributed by atoms with E-state index < -0.39 is 10.0 Å². The van der Waals surface area contributed by atoms with Crippen molar-refractivity contribution < 1.29 is 13.5 Å². The molecule has 1 aliphatic rings. The molecule has 0 bridgehead atoms. The lowest BCUT2D eigenvalue weighted by molar-refractivity contribution is 0.338. The predicted molar refractivity (Wildman–Crippen MR) is 109 cm³/mol. The van der Waals surface area contributed by atoms with Crippen LogP contribution in [0.1, 0.15) is 28.2 Å². The minimum atomic E-state index is -3.21. The second-order valence-corrected chi connectivity index (χ2v) is 9.82. The van der Waals surface area contributed by atoms with Crippen molar-refractivity contribution in [3.63, 3.8) is 0 Å². The molecular formula is C20H25ClN2O3S. The van der Waals surface area contributed by atoms with E-state index in [4.69, 9.17) is 11.6 Å². The number of sulfonamides is 1. The third-order valence-electron chi connectivity index (χ3n) is 5.19. The Bertz CT molecular complexity index is 929. The van der Waals surface area contributed by atoms with Gasteiger partial charge in [-0.15, -0.1) is 0 Å². The topological polar surface area (TPSA) is 60.9 Å². The highest BCUT2D eigenvalue weighted by molar-refractivity contribution is 7.88. The number of hydrogen-bond acceptors (Lipinski definition) is 4. The predicted octanol–water partition coefficient (Wildman–Crippen LogP) is 3.06. The molecule has 0 amide bonds. The van der Waals surface area contributed by atoms with Crippen molar-refractivity contribution in [1.82, 2.24) is 9.21 Å². The number of likely N-dealkylation sites (N-methyl/N-ethyl adjacent to an activating group) is 1. The summed E-state index contributed by atoms with van der Waals surface area (Å²) in [6, 6.07) is 11.7. The fourth-order valence-electron chi connectivity index (χ4n) is 3.49. The van der Waals surface area contributed by atoms with Crippen molar-refractivity contribution in [2.75, 3.05) is 33.4 Å². The quantitative estimate of drug-likeness (QED) is 0.844. The van der Waals surface area contributed by atoms with Crippen LogP contribution in [0.25, 0.3) is 0 Å².